The summed E-state index contributed by atoms with van der Waals surface area (Å²) in [4.78, 5) is 22.0. The molecule has 2 aliphatic heterocycles. The highest BCUT2D eigenvalue weighted by Crippen LogP contribution is 2.41. The molecule has 0 saturated carbocycles. The van der Waals surface area contributed by atoms with Crippen molar-refractivity contribution in [3.63, 3.8) is 0 Å². The number of piperidine rings is 1. The van der Waals surface area contributed by atoms with Gasteiger partial charge in [0.05, 0.1) is 33.8 Å². The highest BCUT2D eigenvalue weighted by molar-refractivity contribution is 7.90. The number of anilines is 2. The summed E-state index contributed by atoms with van der Waals surface area (Å²) in [7, 11) is -3.50. The van der Waals surface area contributed by atoms with Crippen LogP contribution < -0.4 is 5.32 Å². The lowest BCUT2D eigenvalue weighted by Gasteiger charge is -2.38. The highest BCUT2D eigenvalue weighted by atomic mass is 32.2. The van der Waals surface area contributed by atoms with Crippen LogP contribution in [0, 0.1) is 5.82 Å². The summed E-state index contributed by atoms with van der Waals surface area (Å²) in [5, 5.41) is 8.27. The van der Waals surface area contributed by atoms with Crippen molar-refractivity contribution in [2.45, 2.75) is 75.1 Å². The molecule has 2 atom stereocenters. The fourth-order valence-corrected chi connectivity index (χ4v) is 5.74. The summed E-state index contributed by atoms with van der Waals surface area (Å²) in [6.07, 6.45) is 8.19. The number of fused-ring (bicyclic) bond motifs is 3. The Bertz CT molecular complexity index is 1360. The lowest BCUT2D eigenvalue weighted by molar-refractivity contribution is -0.368. The van der Waals surface area contributed by atoms with Gasteiger partial charge in [0.2, 0.25) is 0 Å². The van der Waals surface area contributed by atoms with E-state index in [-0.39, 0.29) is 22.2 Å². The molecule has 36 heavy (non-hydrogen) atoms. The fourth-order valence-electron chi connectivity index (χ4n) is 5.10. The number of halogens is 1. The Morgan fingerprint density at radius 1 is 1.14 bits per heavy atom. The molecule has 0 amide bonds. The van der Waals surface area contributed by atoms with Crippen LogP contribution in [-0.4, -0.2) is 63.7 Å². The minimum Gasteiger partial charge on any atom is -0.337 e. The molecule has 2 aliphatic rings. The maximum absolute atomic E-state index is 14.6. The molecular formula is C24H31FN6O4S. The van der Waals surface area contributed by atoms with E-state index in [9.17, 15) is 12.8 Å². The molecule has 2 bridgehead atoms. The van der Waals surface area contributed by atoms with E-state index >= 15 is 0 Å². The maximum atomic E-state index is 14.6. The first-order valence-electron chi connectivity index (χ1n) is 12.0. The number of nitrogens with zero attached hydrogens (tertiary/aromatic N) is 5. The van der Waals surface area contributed by atoms with Crippen LogP contribution in [0.25, 0.3) is 11.0 Å². The number of sulfone groups is 1. The van der Waals surface area contributed by atoms with Crippen molar-refractivity contribution in [1.29, 1.82) is 0 Å². The van der Waals surface area contributed by atoms with Crippen molar-refractivity contribution in [2.24, 2.45) is 0 Å². The van der Waals surface area contributed by atoms with Crippen molar-refractivity contribution < 1.29 is 22.6 Å². The van der Waals surface area contributed by atoms with Crippen LogP contribution >= 0.6 is 0 Å². The van der Waals surface area contributed by atoms with Crippen LogP contribution in [0.2, 0.25) is 0 Å². The Morgan fingerprint density at radius 2 is 1.86 bits per heavy atom. The van der Waals surface area contributed by atoms with Crippen molar-refractivity contribution in [1.82, 2.24) is 24.6 Å². The summed E-state index contributed by atoms with van der Waals surface area (Å²) in [5.41, 5.74) is 0.444. The van der Waals surface area contributed by atoms with Gasteiger partial charge in [-0.05, 0) is 64.7 Å². The van der Waals surface area contributed by atoms with Gasteiger partial charge in [-0.25, -0.2) is 37.2 Å². The average molecular weight is 519 g/mol. The van der Waals surface area contributed by atoms with Gasteiger partial charge in [0, 0.05) is 18.3 Å². The molecule has 4 heterocycles. The second-order valence-corrected chi connectivity index (χ2v) is 12.6. The summed E-state index contributed by atoms with van der Waals surface area (Å²) in [6.45, 7) is 6.32. The zero-order chi connectivity index (χ0) is 25.7. The number of benzene rings is 1. The molecule has 2 aromatic heterocycles. The van der Waals surface area contributed by atoms with Gasteiger partial charge in [-0.3, -0.25) is 4.90 Å². The third kappa shape index (κ3) is 5.08. The first-order valence-corrected chi connectivity index (χ1v) is 13.9. The minimum absolute atomic E-state index is 0.0810. The zero-order valence-corrected chi connectivity index (χ0v) is 21.6. The molecule has 12 heteroatoms. The summed E-state index contributed by atoms with van der Waals surface area (Å²) in [6, 6.07) is 4.68. The fraction of sp³-hybridized carbons (Fsp3) is 0.542. The molecule has 0 radical (unpaired) electrons. The van der Waals surface area contributed by atoms with E-state index in [0.29, 0.717) is 35.7 Å². The molecular weight excluding hydrogens is 487 g/mol. The van der Waals surface area contributed by atoms with Gasteiger partial charge >= 0.3 is 0 Å². The van der Waals surface area contributed by atoms with Crippen LogP contribution in [0.15, 0.2) is 35.6 Å². The van der Waals surface area contributed by atoms with Crippen LogP contribution in [0.4, 0.5) is 15.9 Å². The van der Waals surface area contributed by atoms with Gasteiger partial charge in [0.15, 0.2) is 15.5 Å². The van der Waals surface area contributed by atoms with Gasteiger partial charge in [0.25, 0.3) is 0 Å². The maximum Gasteiger partial charge on any atom is 0.175 e. The molecule has 10 nitrogen and oxygen atoms in total. The summed E-state index contributed by atoms with van der Waals surface area (Å²) < 4.78 is 40.0. The number of hydrogen-bond donors (Lipinski definition) is 1. The number of hydrogen-bond acceptors (Lipinski definition) is 9. The Kier molecular flexibility index (Phi) is 6.48. The van der Waals surface area contributed by atoms with Crippen molar-refractivity contribution in [3.05, 3.63) is 36.5 Å². The molecule has 2 saturated heterocycles. The quantitative estimate of drug-likeness (QED) is 0.367. The van der Waals surface area contributed by atoms with Gasteiger partial charge in [0.1, 0.15) is 24.7 Å². The van der Waals surface area contributed by atoms with E-state index in [4.69, 9.17) is 9.78 Å². The lowest BCUT2D eigenvalue weighted by atomic mass is 9.98. The topological polar surface area (TPSA) is 111 Å². The molecule has 5 rings (SSSR count). The number of aromatic nitrogens is 4. The number of nitrogens with one attached hydrogen (secondary N) is 1. The monoisotopic (exact) mass is 518 g/mol. The van der Waals surface area contributed by atoms with E-state index < -0.39 is 15.7 Å². The summed E-state index contributed by atoms with van der Waals surface area (Å²) >= 11 is 0. The Morgan fingerprint density at radius 3 is 2.50 bits per heavy atom. The SMILES string of the molecule is CC(C)(C)OOCN1[C@H]2CC[C@H]1CC(n1ncc3c(Nc4ccc(S(C)(=O)=O)cc4F)ncnc31)C2. The first kappa shape index (κ1) is 25.0. The van der Waals surface area contributed by atoms with E-state index in [1.807, 2.05) is 25.5 Å². The van der Waals surface area contributed by atoms with Gasteiger partial charge in [-0.15, -0.1) is 0 Å². The standard InChI is InChI=1S/C24H31FN6O4S/c1-24(2,3)35-34-14-30-15-5-6-16(30)10-17(9-15)31-23-19(12-28-31)22(26-13-27-23)29-21-8-7-18(11-20(21)25)36(4,32)33/h7-8,11-13,15-17H,5-6,9-10,14H2,1-4H3,(H,26,27,29)/t15-,16-/m0/s1. The largest absolute Gasteiger partial charge is 0.337 e. The Hall–Kier alpha value is -2.67. The second kappa shape index (κ2) is 9.33. The normalized spacial score (nSPS) is 22.9. The van der Waals surface area contributed by atoms with Crippen molar-refractivity contribution in [3.8, 4) is 0 Å². The predicted molar refractivity (Wildman–Crippen MR) is 132 cm³/mol. The highest BCUT2D eigenvalue weighted by Gasteiger charge is 2.42. The zero-order valence-electron chi connectivity index (χ0n) is 20.8. The predicted octanol–water partition coefficient (Wildman–Crippen LogP) is 3.98. The molecule has 194 valence electrons. The minimum atomic E-state index is -3.50. The molecule has 0 spiro atoms. The van der Waals surface area contributed by atoms with E-state index in [1.165, 1.54) is 18.5 Å². The Balaban J connectivity index is 1.33. The Labute approximate surface area is 209 Å². The van der Waals surface area contributed by atoms with E-state index in [1.54, 1.807) is 6.20 Å². The van der Waals surface area contributed by atoms with Crippen molar-refractivity contribution >= 4 is 32.4 Å². The van der Waals surface area contributed by atoms with Crippen LogP contribution in [-0.2, 0) is 19.6 Å². The van der Waals surface area contributed by atoms with Gasteiger partial charge in [-0.1, -0.05) is 0 Å². The smallest absolute Gasteiger partial charge is 0.175 e. The third-order valence-electron chi connectivity index (χ3n) is 6.73. The lowest BCUT2D eigenvalue weighted by Crippen LogP contribution is -2.45. The molecule has 3 aromatic rings. The second-order valence-electron chi connectivity index (χ2n) is 10.6. The average Bonchev–Trinajstić information content (AvgIpc) is 3.32. The summed E-state index contributed by atoms with van der Waals surface area (Å²) in [5.74, 6) is -0.274. The van der Waals surface area contributed by atoms with Crippen LogP contribution in [0.1, 0.15) is 52.5 Å². The molecule has 1 aromatic carbocycles. The van der Waals surface area contributed by atoms with Gasteiger partial charge in [-0.2, -0.15) is 5.10 Å². The van der Waals surface area contributed by atoms with Crippen molar-refractivity contribution in [2.75, 3.05) is 18.3 Å². The van der Waals surface area contributed by atoms with Crippen LogP contribution in [0.5, 0.6) is 0 Å². The first-order chi connectivity index (χ1) is 17.0. The molecule has 1 N–H and O–H groups in total. The molecule has 0 unspecified atom stereocenters. The number of rotatable bonds is 7. The van der Waals surface area contributed by atoms with Gasteiger partial charge < -0.3 is 5.32 Å². The third-order valence-corrected chi connectivity index (χ3v) is 7.84. The van der Waals surface area contributed by atoms with Crippen LogP contribution in [0.3, 0.4) is 0 Å². The molecule has 0 aliphatic carbocycles. The van der Waals surface area contributed by atoms with E-state index in [2.05, 4.69) is 25.3 Å². The molecule has 2 fully saturated rings. The van der Waals surface area contributed by atoms with E-state index in [0.717, 1.165) is 38.0 Å².